The standard InChI is InChI=1S/C13H27N3O/c1-9(2)11-7-8-16(6)12(11)13(17)14-10(3)15(4)5/h9-12H,7-8H2,1-6H3,(H,14,17)/t10-,11-,12?/m1/s1. The van der Waals surface area contributed by atoms with Crippen molar-refractivity contribution in [3.05, 3.63) is 0 Å². The molecule has 0 aromatic heterocycles. The maximum absolute atomic E-state index is 12.3. The average Bonchev–Trinajstić information content (AvgIpc) is 2.59. The van der Waals surface area contributed by atoms with Crippen LogP contribution in [0.5, 0.6) is 0 Å². The van der Waals surface area contributed by atoms with Gasteiger partial charge in [0.05, 0.1) is 12.2 Å². The highest BCUT2D eigenvalue weighted by atomic mass is 16.2. The predicted molar refractivity (Wildman–Crippen MR) is 70.7 cm³/mol. The summed E-state index contributed by atoms with van der Waals surface area (Å²) in [5, 5.41) is 3.08. The molecule has 100 valence electrons. The molecule has 1 rings (SSSR count). The molecule has 1 aliphatic rings. The van der Waals surface area contributed by atoms with Gasteiger partial charge < -0.3 is 5.32 Å². The fourth-order valence-corrected chi connectivity index (χ4v) is 2.49. The molecule has 17 heavy (non-hydrogen) atoms. The maximum atomic E-state index is 12.3. The molecule has 4 heteroatoms. The molecule has 3 atom stereocenters. The van der Waals surface area contributed by atoms with Crippen LogP contribution in [0.3, 0.4) is 0 Å². The minimum atomic E-state index is 0.0393. The van der Waals surface area contributed by atoms with Crippen molar-refractivity contribution in [3.63, 3.8) is 0 Å². The van der Waals surface area contributed by atoms with Crippen molar-refractivity contribution < 1.29 is 4.79 Å². The molecular formula is C13H27N3O. The lowest BCUT2D eigenvalue weighted by Gasteiger charge is -2.29. The smallest absolute Gasteiger partial charge is 0.238 e. The van der Waals surface area contributed by atoms with Crippen LogP contribution in [0, 0.1) is 11.8 Å². The van der Waals surface area contributed by atoms with Gasteiger partial charge in [0.15, 0.2) is 0 Å². The van der Waals surface area contributed by atoms with Gasteiger partial charge in [0.2, 0.25) is 5.91 Å². The van der Waals surface area contributed by atoms with E-state index < -0.39 is 0 Å². The number of amides is 1. The number of rotatable bonds is 4. The van der Waals surface area contributed by atoms with Gasteiger partial charge in [-0.25, -0.2) is 0 Å². The predicted octanol–water partition coefficient (Wildman–Crippen LogP) is 0.987. The Labute approximate surface area is 105 Å². The first kappa shape index (κ1) is 14.5. The average molecular weight is 241 g/mol. The molecule has 1 aliphatic heterocycles. The molecule has 0 aliphatic carbocycles. The monoisotopic (exact) mass is 241 g/mol. The van der Waals surface area contributed by atoms with E-state index in [9.17, 15) is 4.79 Å². The van der Waals surface area contributed by atoms with Crippen molar-refractivity contribution in [2.75, 3.05) is 27.7 Å². The molecule has 1 amide bonds. The van der Waals surface area contributed by atoms with E-state index in [1.165, 1.54) is 0 Å². The SMILES string of the molecule is CC(C)[C@H]1CCN(C)C1C(=O)N[C@@H](C)N(C)C. The fourth-order valence-electron chi connectivity index (χ4n) is 2.49. The van der Waals surface area contributed by atoms with Crippen molar-refractivity contribution in [2.24, 2.45) is 11.8 Å². The van der Waals surface area contributed by atoms with Crippen LogP contribution in [0.15, 0.2) is 0 Å². The van der Waals surface area contributed by atoms with Crippen LogP contribution >= 0.6 is 0 Å². The summed E-state index contributed by atoms with van der Waals surface area (Å²) in [7, 11) is 6.00. The van der Waals surface area contributed by atoms with Crippen LogP contribution < -0.4 is 5.32 Å². The summed E-state index contributed by atoms with van der Waals surface area (Å²) in [4.78, 5) is 16.5. The zero-order valence-corrected chi connectivity index (χ0v) is 12.0. The molecule has 0 aromatic carbocycles. The lowest BCUT2D eigenvalue weighted by molar-refractivity contribution is -0.128. The second kappa shape index (κ2) is 5.83. The molecule has 0 saturated carbocycles. The van der Waals surface area contributed by atoms with Crippen molar-refractivity contribution in [2.45, 2.75) is 39.4 Å². The van der Waals surface area contributed by atoms with Gasteiger partial charge in [-0.2, -0.15) is 0 Å². The largest absolute Gasteiger partial charge is 0.339 e. The molecule has 1 saturated heterocycles. The molecule has 0 aromatic rings. The second-order valence-electron chi connectivity index (χ2n) is 5.77. The summed E-state index contributed by atoms with van der Waals surface area (Å²) in [6.07, 6.45) is 1.21. The Bertz CT molecular complexity index is 265. The van der Waals surface area contributed by atoms with Crippen molar-refractivity contribution >= 4 is 5.91 Å². The Hall–Kier alpha value is -0.610. The fraction of sp³-hybridized carbons (Fsp3) is 0.923. The lowest BCUT2D eigenvalue weighted by atomic mass is 9.88. The zero-order valence-electron chi connectivity index (χ0n) is 12.0. The van der Waals surface area contributed by atoms with Gasteiger partial charge in [-0.15, -0.1) is 0 Å². The van der Waals surface area contributed by atoms with Gasteiger partial charge >= 0.3 is 0 Å². The van der Waals surface area contributed by atoms with Gasteiger partial charge in [0.1, 0.15) is 0 Å². The molecule has 4 nitrogen and oxygen atoms in total. The van der Waals surface area contributed by atoms with E-state index in [0.717, 1.165) is 13.0 Å². The molecule has 0 spiro atoms. The van der Waals surface area contributed by atoms with E-state index in [-0.39, 0.29) is 18.1 Å². The van der Waals surface area contributed by atoms with Crippen molar-refractivity contribution in [3.8, 4) is 0 Å². The molecule has 1 N–H and O–H groups in total. The Kier molecular flexibility index (Phi) is 4.95. The molecule has 1 heterocycles. The van der Waals surface area contributed by atoms with Gasteiger partial charge in [-0.1, -0.05) is 13.8 Å². The number of likely N-dealkylation sites (tertiary alicyclic amines) is 1. The van der Waals surface area contributed by atoms with Crippen LogP contribution in [0.25, 0.3) is 0 Å². The Balaban J connectivity index is 2.65. The van der Waals surface area contributed by atoms with Gasteiger partial charge in [-0.3, -0.25) is 14.6 Å². The number of carbonyl (C=O) groups excluding carboxylic acids is 1. The summed E-state index contributed by atoms with van der Waals surface area (Å²) in [6.45, 7) is 7.45. The Morgan fingerprint density at radius 3 is 2.41 bits per heavy atom. The Morgan fingerprint density at radius 2 is 1.94 bits per heavy atom. The third kappa shape index (κ3) is 3.42. The van der Waals surface area contributed by atoms with Crippen LogP contribution in [-0.4, -0.2) is 55.6 Å². The highest BCUT2D eigenvalue weighted by molar-refractivity contribution is 5.82. The summed E-state index contributed by atoms with van der Waals surface area (Å²) < 4.78 is 0. The summed E-state index contributed by atoms with van der Waals surface area (Å²) in [5.74, 6) is 1.21. The minimum absolute atomic E-state index is 0.0393. The third-order valence-corrected chi connectivity index (χ3v) is 3.95. The van der Waals surface area contributed by atoms with Crippen LogP contribution in [0.2, 0.25) is 0 Å². The molecule has 0 radical (unpaired) electrons. The minimum Gasteiger partial charge on any atom is -0.339 e. The number of hydrogen-bond donors (Lipinski definition) is 1. The summed E-state index contributed by atoms with van der Waals surface area (Å²) >= 11 is 0. The van der Waals surface area contributed by atoms with Crippen LogP contribution in [0.4, 0.5) is 0 Å². The van der Waals surface area contributed by atoms with E-state index in [2.05, 4.69) is 24.1 Å². The van der Waals surface area contributed by atoms with Gasteiger partial charge in [-0.05, 0) is 52.9 Å². The maximum Gasteiger partial charge on any atom is 0.238 e. The first-order chi connectivity index (χ1) is 7.84. The van der Waals surface area contributed by atoms with Gasteiger partial charge in [0, 0.05) is 0 Å². The first-order valence-corrected chi connectivity index (χ1v) is 6.51. The van der Waals surface area contributed by atoms with E-state index in [4.69, 9.17) is 0 Å². The molecule has 1 fully saturated rings. The zero-order chi connectivity index (χ0) is 13.2. The Morgan fingerprint density at radius 1 is 1.35 bits per heavy atom. The molecular weight excluding hydrogens is 214 g/mol. The quantitative estimate of drug-likeness (QED) is 0.746. The van der Waals surface area contributed by atoms with E-state index in [1.807, 2.05) is 33.0 Å². The molecule has 0 bridgehead atoms. The summed E-state index contributed by atoms with van der Waals surface area (Å²) in [5.41, 5.74) is 0. The second-order valence-corrected chi connectivity index (χ2v) is 5.77. The normalized spacial score (nSPS) is 27.8. The lowest BCUT2D eigenvalue weighted by Crippen LogP contribution is -2.51. The van der Waals surface area contributed by atoms with Crippen molar-refractivity contribution in [1.29, 1.82) is 0 Å². The van der Waals surface area contributed by atoms with E-state index in [0.29, 0.717) is 11.8 Å². The highest BCUT2D eigenvalue weighted by Crippen LogP contribution is 2.29. The van der Waals surface area contributed by atoms with Crippen LogP contribution in [0.1, 0.15) is 27.2 Å². The van der Waals surface area contributed by atoms with Crippen LogP contribution in [-0.2, 0) is 4.79 Å². The third-order valence-electron chi connectivity index (χ3n) is 3.95. The number of hydrogen-bond acceptors (Lipinski definition) is 3. The van der Waals surface area contributed by atoms with Crippen molar-refractivity contribution in [1.82, 2.24) is 15.1 Å². The van der Waals surface area contributed by atoms with E-state index >= 15 is 0 Å². The number of nitrogens with one attached hydrogen (secondary N) is 1. The number of likely N-dealkylation sites (N-methyl/N-ethyl adjacent to an activating group) is 1. The molecule has 1 unspecified atom stereocenters. The number of nitrogens with zero attached hydrogens (tertiary/aromatic N) is 2. The number of carbonyl (C=O) groups is 1. The van der Waals surface area contributed by atoms with Gasteiger partial charge in [0.25, 0.3) is 0 Å². The first-order valence-electron chi connectivity index (χ1n) is 6.51. The topological polar surface area (TPSA) is 35.6 Å². The highest BCUT2D eigenvalue weighted by Gasteiger charge is 2.38. The van der Waals surface area contributed by atoms with E-state index in [1.54, 1.807) is 0 Å². The summed E-state index contributed by atoms with van der Waals surface area (Å²) in [6, 6.07) is 0.0393.